The molecule has 0 aliphatic carbocycles. The van der Waals surface area contributed by atoms with Crippen molar-refractivity contribution in [3.05, 3.63) is 71.8 Å². The van der Waals surface area contributed by atoms with Crippen molar-refractivity contribution in [2.24, 2.45) is 0 Å². The zero-order valence-electron chi connectivity index (χ0n) is 18.8. The first-order valence-electron chi connectivity index (χ1n) is 11.2. The van der Waals surface area contributed by atoms with Gasteiger partial charge in [0.2, 0.25) is 6.29 Å². The van der Waals surface area contributed by atoms with Gasteiger partial charge >= 0.3 is 11.9 Å². The highest BCUT2D eigenvalue weighted by Gasteiger charge is 2.52. The Morgan fingerprint density at radius 2 is 1.47 bits per heavy atom. The van der Waals surface area contributed by atoms with Gasteiger partial charge in [-0.15, -0.1) is 0 Å². The van der Waals surface area contributed by atoms with Gasteiger partial charge in [0, 0.05) is 6.42 Å². The summed E-state index contributed by atoms with van der Waals surface area (Å²) in [4.78, 5) is 24.8. The van der Waals surface area contributed by atoms with Crippen LogP contribution in [0.5, 0.6) is 0 Å². The van der Waals surface area contributed by atoms with E-state index in [0.29, 0.717) is 17.5 Å². The number of carbonyl (C=O) groups excluding carboxylic acids is 2. The molecule has 0 bridgehead atoms. The van der Waals surface area contributed by atoms with Crippen LogP contribution in [0.15, 0.2) is 60.7 Å². The Labute approximate surface area is 188 Å². The van der Waals surface area contributed by atoms with Gasteiger partial charge in [-0.3, -0.25) is 0 Å². The molecule has 2 aromatic rings. The van der Waals surface area contributed by atoms with Gasteiger partial charge in [-0.1, -0.05) is 36.4 Å². The summed E-state index contributed by atoms with van der Waals surface area (Å²) in [5.74, 6) is -0.749. The molecule has 170 valence electrons. The van der Waals surface area contributed by atoms with Crippen molar-refractivity contribution in [2.75, 3.05) is 0 Å². The fourth-order valence-electron chi connectivity index (χ4n) is 4.42. The van der Waals surface area contributed by atoms with Crippen LogP contribution < -0.4 is 0 Å². The number of ether oxygens (including phenoxy) is 4. The van der Waals surface area contributed by atoms with E-state index in [1.807, 2.05) is 45.0 Å². The molecule has 0 amide bonds. The second-order valence-corrected chi connectivity index (χ2v) is 9.04. The molecule has 0 radical (unpaired) electrons. The molecule has 2 heterocycles. The standard InChI is InChI=1S/C26H30O6/c1-18(29-23(27)19-10-6-4-7-11-19)25(2)16-14-21(31-25)26(3)17-15-22(32-26)30-24(28)20-12-8-5-9-13-20/h4-13,18,21-22H,14-17H2,1-3H3/t18-,21-,22?,25+,26+/m1/s1. The second-order valence-electron chi connectivity index (χ2n) is 9.04. The van der Waals surface area contributed by atoms with E-state index in [2.05, 4.69) is 0 Å². The summed E-state index contributed by atoms with van der Waals surface area (Å²) in [5.41, 5.74) is -0.154. The lowest BCUT2D eigenvalue weighted by Gasteiger charge is -2.35. The number of esters is 2. The fraction of sp³-hybridized carbons (Fsp3) is 0.462. The van der Waals surface area contributed by atoms with Crippen molar-refractivity contribution in [1.29, 1.82) is 0 Å². The Bertz CT molecular complexity index is 945. The molecule has 2 saturated heterocycles. The summed E-state index contributed by atoms with van der Waals surface area (Å²) < 4.78 is 23.9. The van der Waals surface area contributed by atoms with Gasteiger partial charge in [-0.05, 0) is 64.3 Å². The second kappa shape index (κ2) is 9.04. The first-order valence-corrected chi connectivity index (χ1v) is 11.2. The molecule has 0 N–H and O–H groups in total. The van der Waals surface area contributed by atoms with Gasteiger partial charge in [0.15, 0.2) is 0 Å². The average Bonchev–Trinajstić information content (AvgIpc) is 3.40. The minimum atomic E-state index is -0.611. The molecule has 2 aliphatic rings. The topological polar surface area (TPSA) is 71.1 Å². The van der Waals surface area contributed by atoms with Crippen LogP contribution in [0.4, 0.5) is 0 Å². The molecular formula is C26H30O6. The van der Waals surface area contributed by atoms with E-state index < -0.39 is 29.6 Å². The molecule has 2 fully saturated rings. The number of carbonyl (C=O) groups is 2. The quantitative estimate of drug-likeness (QED) is 0.596. The maximum absolute atomic E-state index is 12.5. The third-order valence-electron chi connectivity index (χ3n) is 6.67. The largest absolute Gasteiger partial charge is 0.456 e. The molecular weight excluding hydrogens is 408 g/mol. The van der Waals surface area contributed by atoms with Crippen LogP contribution in [0, 0.1) is 0 Å². The molecule has 6 heteroatoms. The number of rotatable bonds is 6. The third kappa shape index (κ3) is 4.71. The monoisotopic (exact) mass is 438 g/mol. The van der Waals surface area contributed by atoms with E-state index in [9.17, 15) is 9.59 Å². The van der Waals surface area contributed by atoms with Crippen LogP contribution in [-0.4, -0.2) is 41.6 Å². The molecule has 4 rings (SSSR count). The maximum atomic E-state index is 12.5. The highest BCUT2D eigenvalue weighted by Crippen LogP contribution is 2.44. The number of benzene rings is 2. The van der Waals surface area contributed by atoms with E-state index in [1.54, 1.807) is 36.4 Å². The van der Waals surface area contributed by atoms with Crippen molar-refractivity contribution >= 4 is 11.9 Å². The molecule has 0 spiro atoms. The van der Waals surface area contributed by atoms with Gasteiger partial charge in [0.05, 0.1) is 22.8 Å². The minimum Gasteiger partial charge on any atom is -0.456 e. The summed E-state index contributed by atoms with van der Waals surface area (Å²) in [7, 11) is 0. The Morgan fingerprint density at radius 3 is 2.09 bits per heavy atom. The van der Waals surface area contributed by atoms with E-state index in [4.69, 9.17) is 18.9 Å². The van der Waals surface area contributed by atoms with Crippen molar-refractivity contribution < 1.29 is 28.5 Å². The molecule has 6 nitrogen and oxygen atoms in total. The molecule has 32 heavy (non-hydrogen) atoms. The van der Waals surface area contributed by atoms with Crippen molar-refractivity contribution in [1.82, 2.24) is 0 Å². The van der Waals surface area contributed by atoms with Crippen molar-refractivity contribution in [3.63, 3.8) is 0 Å². The van der Waals surface area contributed by atoms with Crippen LogP contribution in [0.2, 0.25) is 0 Å². The lowest BCUT2D eigenvalue weighted by molar-refractivity contribution is -0.199. The number of hydrogen-bond acceptors (Lipinski definition) is 6. The van der Waals surface area contributed by atoms with Crippen molar-refractivity contribution in [2.45, 2.75) is 76.2 Å². The predicted octanol–water partition coefficient (Wildman–Crippen LogP) is 4.92. The summed E-state index contributed by atoms with van der Waals surface area (Å²) in [5, 5.41) is 0. The molecule has 2 aliphatic heterocycles. The normalized spacial score (nSPS) is 30.6. The minimum absolute atomic E-state index is 0.175. The average molecular weight is 439 g/mol. The third-order valence-corrected chi connectivity index (χ3v) is 6.67. The smallest absolute Gasteiger partial charge is 0.340 e. The number of hydrogen-bond donors (Lipinski definition) is 0. The van der Waals surface area contributed by atoms with Gasteiger partial charge in [0.1, 0.15) is 11.7 Å². The van der Waals surface area contributed by atoms with Gasteiger partial charge in [0.25, 0.3) is 0 Å². The van der Waals surface area contributed by atoms with Gasteiger partial charge in [-0.25, -0.2) is 9.59 Å². The molecule has 0 saturated carbocycles. The summed E-state index contributed by atoms with van der Waals surface area (Å²) >= 11 is 0. The summed E-state index contributed by atoms with van der Waals surface area (Å²) in [6.45, 7) is 5.84. The zero-order valence-corrected chi connectivity index (χ0v) is 18.8. The van der Waals surface area contributed by atoms with E-state index >= 15 is 0 Å². The highest BCUT2D eigenvalue weighted by molar-refractivity contribution is 5.89. The lowest BCUT2D eigenvalue weighted by Crippen LogP contribution is -2.45. The van der Waals surface area contributed by atoms with Crippen LogP contribution in [0.25, 0.3) is 0 Å². The Hall–Kier alpha value is -2.70. The van der Waals surface area contributed by atoms with Crippen LogP contribution in [-0.2, 0) is 18.9 Å². The SMILES string of the molecule is C[C@@H](OC(=O)c1ccccc1)[C@]1(C)CC[C@H]([C@]2(C)CCC(OC(=O)c3ccccc3)O2)O1. The summed E-state index contributed by atoms with van der Waals surface area (Å²) in [6, 6.07) is 17.9. The zero-order chi connectivity index (χ0) is 22.8. The van der Waals surface area contributed by atoms with Gasteiger partial charge < -0.3 is 18.9 Å². The molecule has 1 unspecified atom stereocenters. The Morgan fingerprint density at radius 1 is 0.875 bits per heavy atom. The molecule has 0 aromatic heterocycles. The van der Waals surface area contributed by atoms with Crippen molar-refractivity contribution in [3.8, 4) is 0 Å². The predicted molar refractivity (Wildman–Crippen MR) is 118 cm³/mol. The lowest BCUT2D eigenvalue weighted by atomic mass is 9.91. The van der Waals surface area contributed by atoms with Gasteiger partial charge in [-0.2, -0.15) is 0 Å². The van der Waals surface area contributed by atoms with Crippen LogP contribution in [0.1, 0.15) is 67.2 Å². The summed E-state index contributed by atoms with van der Waals surface area (Å²) in [6.07, 6.45) is 1.66. The molecule has 5 atom stereocenters. The van der Waals surface area contributed by atoms with Crippen LogP contribution in [0.3, 0.4) is 0 Å². The van der Waals surface area contributed by atoms with E-state index in [-0.39, 0.29) is 12.1 Å². The fourth-order valence-corrected chi connectivity index (χ4v) is 4.42. The highest BCUT2D eigenvalue weighted by atomic mass is 16.7. The Balaban J connectivity index is 1.34. The first kappa shape index (κ1) is 22.5. The van der Waals surface area contributed by atoms with E-state index in [0.717, 1.165) is 19.3 Å². The molecule has 2 aromatic carbocycles. The van der Waals surface area contributed by atoms with E-state index in [1.165, 1.54) is 0 Å². The van der Waals surface area contributed by atoms with Crippen LogP contribution >= 0.6 is 0 Å². The maximum Gasteiger partial charge on any atom is 0.340 e. The first-order chi connectivity index (χ1) is 15.3. The Kier molecular flexibility index (Phi) is 6.35.